The van der Waals surface area contributed by atoms with Gasteiger partial charge in [0, 0.05) is 18.8 Å². The van der Waals surface area contributed by atoms with Gasteiger partial charge in [-0.2, -0.15) is 0 Å². The van der Waals surface area contributed by atoms with Crippen LogP contribution in [-0.2, 0) is 11.3 Å². The van der Waals surface area contributed by atoms with E-state index in [-0.39, 0.29) is 12.6 Å². The molecule has 0 unspecified atom stereocenters. The maximum atomic E-state index is 11.7. The number of benzene rings is 1. The summed E-state index contributed by atoms with van der Waals surface area (Å²) < 4.78 is 0. The predicted octanol–water partition coefficient (Wildman–Crippen LogP) is 0.778. The molecule has 0 radical (unpaired) electrons. The Morgan fingerprint density at radius 2 is 2.00 bits per heavy atom. The fourth-order valence-electron chi connectivity index (χ4n) is 1.34. The van der Waals surface area contributed by atoms with E-state index in [0.717, 1.165) is 5.56 Å². The molecule has 0 saturated carbocycles. The minimum atomic E-state index is -0.781. The molecular weight excluding hydrogens is 244 g/mol. The Labute approximate surface area is 112 Å². The molecule has 0 aliphatic rings. The monoisotopic (exact) mass is 264 g/mol. The Kier molecular flexibility index (Phi) is 4.88. The lowest BCUT2D eigenvalue weighted by molar-refractivity contribution is -0.125. The number of amides is 3. The van der Waals surface area contributed by atoms with Crippen LogP contribution in [0.15, 0.2) is 24.3 Å². The zero-order valence-electron chi connectivity index (χ0n) is 11.2. The lowest BCUT2D eigenvalue weighted by atomic mass is 9.93. The van der Waals surface area contributed by atoms with Crippen molar-refractivity contribution in [2.75, 3.05) is 11.9 Å². The number of carbonyl (C=O) groups is 2. The first kappa shape index (κ1) is 15.0. The third-order valence-electron chi connectivity index (χ3n) is 2.78. The first-order valence-electron chi connectivity index (χ1n) is 5.99. The van der Waals surface area contributed by atoms with E-state index in [4.69, 9.17) is 11.5 Å². The summed E-state index contributed by atoms with van der Waals surface area (Å²) in [5.74, 6) is -0.460. The first-order chi connectivity index (χ1) is 8.85. The van der Waals surface area contributed by atoms with Crippen molar-refractivity contribution >= 4 is 17.6 Å². The number of rotatable bonds is 5. The largest absolute Gasteiger partial charge is 0.369 e. The summed E-state index contributed by atoms with van der Waals surface area (Å²) in [6.45, 7) is 3.92. The maximum absolute atomic E-state index is 11.7. The molecule has 0 fully saturated rings. The van der Waals surface area contributed by atoms with E-state index in [9.17, 15) is 9.59 Å². The standard InChI is InChI=1S/C13H20N4O2/c1-13(2,11(15)18)8-16-12(19)17-10-5-3-4-9(6-10)7-14/h3-6H,7-8,14H2,1-2H3,(H2,15,18)(H2,16,17,19). The summed E-state index contributed by atoms with van der Waals surface area (Å²) >= 11 is 0. The molecule has 0 atom stereocenters. The van der Waals surface area contributed by atoms with Crippen LogP contribution in [0.25, 0.3) is 0 Å². The van der Waals surface area contributed by atoms with Crippen LogP contribution in [0.1, 0.15) is 19.4 Å². The zero-order valence-corrected chi connectivity index (χ0v) is 11.2. The molecule has 0 heterocycles. The molecule has 1 aromatic rings. The highest BCUT2D eigenvalue weighted by Crippen LogP contribution is 2.13. The summed E-state index contributed by atoms with van der Waals surface area (Å²) in [4.78, 5) is 22.8. The molecule has 19 heavy (non-hydrogen) atoms. The van der Waals surface area contributed by atoms with Crippen LogP contribution in [-0.4, -0.2) is 18.5 Å². The Bertz CT molecular complexity index is 471. The summed E-state index contributed by atoms with van der Waals surface area (Å²) in [6.07, 6.45) is 0. The number of urea groups is 1. The predicted molar refractivity (Wildman–Crippen MR) is 74.3 cm³/mol. The topological polar surface area (TPSA) is 110 Å². The minimum Gasteiger partial charge on any atom is -0.369 e. The fraction of sp³-hybridized carbons (Fsp3) is 0.385. The quantitative estimate of drug-likeness (QED) is 0.630. The van der Waals surface area contributed by atoms with Crippen LogP contribution in [0, 0.1) is 5.41 Å². The third-order valence-corrected chi connectivity index (χ3v) is 2.78. The van der Waals surface area contributed by atoms with Crippen LogP contribution in [0.5, 0.6) is 0 Å². The van der Waals surface area contributed by atoms with Gasteiger partial charge in [0.2, 0.25) is 5.91 Å². The Balaban J connectivity index is 2.54. The number of nitrogens with one attached hydrogen (secondary N) is 2. The minimum absolute atomic E-state index is 0.171. The lowest BCUT2D eigenvalue weighted by Gasteiger charge is -2.20. The van der Waals surface area contributed by atoms with E-state index < -0.39 is 11.3 Å². The Morgan fingerprint density at radius 3 is 2.58 bits per heavy atom. The molecule has 0 bridgehead atoms. The number of carbonyl (C=O) groups excluding carboxylic acids is 2. The number of hydrogen-bond donors (Lipinski definition) is 4. The van der Waals surface area contributed by atoms with E-state index in [1.54, 1.807) is 26.0 Å². The van der Waals surface area contributed by atoms with Crippen LogP contribution < -0.4 is 22.1 Å². The SMILES string of the molecule is CC(C)(CNC(=O)Nc1cccc(CN)c1)C(N)=O. The average molecular weight is 264 g/mol. The van der Waals surface area contributed by atoms with Crippen molar-refractivity contribution in [2.24, 2.45) is 16.9 Å². The van der Waals surface area contributed by atoms with Crippen LogP contribution >= 0.6 is 0 Å². The van der Waals surface area contributed by atoms with Gasteiger partial charge in [0.15, 0.2) is 0 Å². The Hall–Kier alpha value is -2.08. The van der Waals surface area contributed by atoms with Crippen LogP contribution in [0.3, 0.4) is 0 Å². The van der Waals surface area contributed by atoms with Gasteiger partial charge >= 0.3 is 6.03 Å². The number of primary amides is 1. The van der Waals surface area contributed by atoms with E-state index in [1.165, 1.54) is 0 Å². The van der Waals surface area contributed by atoms with Crippen molar-refractivity contribution in [3.05, 3.63) is 29.8 Å². The van der Waals surface area contributed by atoms with Gasteiger partial charge in [-0.25, -0.2) is 4.79 Å². The smallest absolute Gasteiger partial charge is 0.319 e. The maximum Gasteiger partial charge on any atom is 0.319 e. The summed E-state index contributed by atoms with van der Waals surface area (Å²) in [5, 5.41) is 5.28. The highest BCUT2D eigenvalue weighted by molar-refractivity contribution is 5.90. The molecule has 1 rings (SSSR count). The second kappa shape index (κ2) is 6.19. The van der Waals surface area contributed by atoms with Gasteiger partial charge in [0.25, 0.3) is 0 Å². The normalized spacial score (nSPS) is 10.9. The fourth-order valence-corrected chi connectivity index (χ4v) is 1.34. The average Bonchev–Trinajstić information content (AvgIpc) is 2.36. The van der Waals surface area contributed by atoms with Crippen LogP contribution in [0.2, 0.25) is 0 Å². The summed E-state index contributed by atoms with van der Waals surface area (Å²) in [7, 11) is 0. The van der Waals surface area contributed by atoms with Crippen molar-refractivity contribution in [3.8, 4) is 0 Å². The molecule has 6 nitrogen and oxygen atoms in total. The van der Waals surface area contributed by atoms with Crippen molar-refractivity contribution in [2.45, 2.75) is 20.4 Å². The van der Waals surface area contributed by atoms with Crippen molar-refractivity contribution in [1.82, 2.24) is 5.32 Å². The molecular formula is C13H20N4O2. The highest BCUT2D eigenvalue weighted by atomic mass is 16.2. The molecule has 0 spiro atoms. The molecule has 3 amide bonds. The molecule has 1 aromatic carbocycles. The van der Waals surface area contributed by atoms with Crippen molar-refractivity contribution in [1.29, 1.82) is 0 Å². The second-order valence-electron chi connectivity index (χ2n) is 4.96. The molecule has 104 valence electrons. The van der Waals surface area contributed by atoms with Gasteiger partial charge < -0.3 is 22.1 Å². The Morgan fingerprint density at radius 1 is 1.32 bits per heavy atom. The molecule has 6 N–H and O–H groups in total. The number of hydrogen-bond acceptors (Lipinski definition) is 3. The number of nitrogens with two attached hydrogens (primary N) is 2. The lowest BCUT2D eigenvalue weighted by Crippen LogP contribution is -2.43. The first-order valence-corrected chi connectivity index (χ1v) is 5.99. The van der Waals surface area contributed by atoms with Gasteiger partial charge in [0.1, 0.15) is 0 Å². The van der Waals surface area contributed by atoms with E-state index in [1.807, 2.05) is 12.1 Å². The number of anilines is 1. The van der Waals surface area contributed by atoms with E-state index in [2.05, 4.69) is 10.6 Å². The molecule has 0 aliphatic heterocycles. The van der Waals surface area contributed by atoms with E-state index >= 15 is 0 Å². The van der Waals surface area contributed by atoms with Gasteiger partial charge in [-0.15, -0.1) is 0 Å². The summed E-state index contributed by atoms with van der Waals surface area (Å²) in [5.41, 5.74) is 11.5. The third kappa shape index (κ3) is 4.59. The molecule has 0 aromatic heterocycles. The molecule has 6 heteroatoms. The van der Waals surface area contributed by atoms with Gasteiger partial charge in [0.05, 0.1) is 5.41 Å². The van der Waals surface area contributed by atoms with Gasteiger partial charge in [-0.05, 0) is 31.5 Å². The highest BCUT2D eigenvalue weighted by Gasteiger charge is 2.25. The zero-order chi connectivity index (χ0) is 14.5. The van der Waals surface area contributed by atoms with Crippen LogP contribution in [0.4, 0.5) is 10.5 Å². The second-order valence-corrected chi connectivity index (χ2v) is 4.96. The van der Waals surface area contributed by atoms with Crippen molar-refractivity contribution < 1.29 is 9.59 Å². The summed E-state index contributed by atoms with van der Waals surface area (Å²) in [6, 6.07) is 6.85. The van der Waals surface area contributed by atoms with Gasteiger partial charge in [-0.1, -0.05) is 12.1 Å². The van der Waals surface area contributed by atoms with Gasteiger partial charge in [-0.3, -0.25) is 4.79 Å². The van der Waals surface area contributed by atoms with E-state index in [0.29, 0.717) is 12.2 Å². The van der Waals surface area contributed by atoms with Crippen molar-refractivity contribution in [3.63, 3.8) is 0 Å². The molecule has 0 saturated heterocycles. The molecule has 0 aliphatic carbocycles.